The molecule has 3 aliphatic heterocycles. The molecule has 3 aliphatic rings. The summed E-state index contributed by atoms with van der Waals surface area (Å²) in [5, 5.41) is 0. The number of benzene rings is 1. The summed E-state index contributed by atoms with van der Waals surface area (Å²) in [5.74, 6) is -4.36. The first-order valence-electron chi connectivity index (χ1n) is 9.99. The second-order valence-electron chi connectivity index (χ2n) is 7.81. The molecule has 0 fully saturated rings. The van der Waals surface area contributed by atoms with Gasteiger partial charge < -0.3 is 5.73 Å². The van der Waals surface area contributed by atoms with Gasteiger partial charge in [0.2, 0.25) is 5.95 Å². The molecule has 0 saturated heterocycles. The lowest BCUT2D eigenvalue weighted by Gasteiger charge is -2.35. The van der Waals surface area contributed by atoms with Crippen molar-refractivity contribution in [3.05, 3.63) is 71.2 Å². The van der Waals surface area contributed by atoms with Gasteiger partial charge in [0, 0.05) is 29.7 Å². The summed E-state index contributed by atoms with van der Waals surface area (Å²) in [6.45, 7) is -1.40. The number of alkyl halides is 2. The first-order valence-corrected chi connectivity index (χ1v) is 9.99. The number of hydrogen-bond acceptors (Lipinski definition) is 6. The zero-order valence-corrected chi connectivity index (χ0v) is 16.8. The number of nitrogens with zero attached hydrogens (tertiary/aromatic N) is 5. The molecule has 1 atom stereocenters. The van der Waals surface area contributed by atoms with Crippen LogP contribution in [-0.4, -0.2) is 46.9 Å². The van der Waals surface area contributed by atoms with E-state index in [0.29, 0.717) is 17.5 Å². The fourth-order valence-electron chi connectivity index (χ4n) is 4.32. The molecule has 10 heteroatoms. The number of fused-ring (bicyclic) bond motifs is 1. The highest BCUT2D eigenvalue weighted by Crippen LogP contribution is 2.44. The van der Waals surface area contributed by atoms with Gasteiger partial charge in [-0.2, -0.15) is 4.39 Å². The topological polar surface area (TPSA) is 79.2 Å². The van der Waals surface area contributed by atoms with Crippen LogP contribution in [0, 0.1) is 5.82 Å². The van der Waals surface area contributed by atoms with Crippen LogP contribution in [0.3, 0.4) is 0 Å². The molecule has 0 amide bonds. The molecule has 5 rings (SSSR count). The van der Waals surface area contributed by atoms with Gasteiger partial charge in [-0.05, 0) is 48.2 Å². The standard InChI is InChI=1S/C22H18F4N6/c23-17-4-3-14(10-16(17)15-2-1-7-29-18(15)24)22(13-5-8-28-9-6-13)19-30-11-21(25,26)12-32(19)20(27)31-22/h3-10H,1-2,11-12H2,(H2,27,31). The lowest BCUT2D eigenvalue weighted by Crippen LogP contribution is -2.53. The summed E-state index contributed by atoms with van der Waals surface area (Å²) in [6, 6.07) is 7.51. The molecular weight excluding hydrogens is 424 g/mol. The summed E-state index contributed by atoms with van der Waals surface area (Å²) in [5.41, 5.74) is 5.84. The van der Waals surface area contributed by atoms with E-state index in [9.17, 15) is 17.6 Å². The maximum Gasteiger partial charge on any atom is 0.284 e. The lowest BCUT2D eigenvalue weighted by atomic mass is 9.81. The van der Waals surface area contributed by atoms with E-state index >= 15 is 0 Å². The Balaban J connectivity index is 1.76. The summed E-state index contributed by atoms with van der Waals surface area (Å²) < 4.78 is 57.4. The van der Waals surface area contributed by atoms with Gasteiger partial charge in [-0.15, -0.1) is 0 Å². The third kappa shape index (κ3) is 3.09. The zero-order valence-electron chi connectivity index (χ0n) is 16.8. The van der Waals surface area contributed by atoms with Gasteiger partial charge >= 0.3 is 0 Å². The molecule has 0 radical (unpaired) electrons. The molecule has 4 heterocycles. The van der Waals surface area contributed by atoms with Crippen LogP contribution in [0.1, 0.15) is 29.5 Å². The third-order valence-electron chi connectivity index (χ3n) is 5.77. The quantitative estimate of drug-likeness (QED) is 0.582. The molecule has 1 unspecified atom stereocenters. The van der Waals surface area contributed by atoms with Crippen molar-refractivity contribution in [2.45, 2.75) is 24.3 Å². The molecule has 0 bridgehead atoms. The predicted octanol–water partition coefficient (Wildman–Crippen LogP) is 3.64. The average molecular weight is 442 g/mol. The highest BCUT2D eigenvalue weighted by molar-refractivity contribution is 6.12. The maximum absolute atomic E-state index is 14.8. The number of hydrogen-bond donors (Lipinski definition) is 1. The number of guanidine groups is 1. The second-order valence-corrected chi connectivity index (χ2v) is 7.81. The van der Waals surface area contributed by atoms with E-state index in [4.69, 9.17) is 5.73 Å². The van der Waals surface area contributed by atoms with Crippen LogP contribution in [-0.2, 0) is 5.54 Å². The SMILES string of the molecule is NC1=NC(c2ccncc2)(c2ccc(F)c(C3=C(F)N=CCC3)c2)C2=NCC(F)(F)CN12. The van der Waals surface area contributed by atoms with E-state index < -0.39 is 36.3 Å². The molecular formula is C22H18F4N6. The van der Waals surface area contributed by atoms with Crippen LogP contribution in [0.5, 0.6) is 0 Å². The van der Waals surface area contributed by atoms with Crippen LogP contribution < -0.4 is 5.73 Å². The Bertz CT molecular complexity index is 1200. The van der Waals surface area contributed by atoms with Crippen molar-refractivity contribution in [2.75, 3.05) is 13.1 Å². The molecule has 164 valence electrons. The normalized spacial score (nSPS) is 24.3. The number of aromatic nitrogens is 1. The molecule has 2 N–H and O–H groups in total. The molecule has 1 aromatic carbocycles. The minimum atomic E-state index is -3.07. The molecule has 6 nitrogen and oxygen atoms in total. The van der Waals surface area contributed by atoms with Crippen LogP contribution in [0.15, 0.2) is 63.7 Å². The van der Waals surface area contributed by atoms with Crippen LogP contribution in [0.2, 0.25) is 0 Å². The summed E-state index contributed by atoms with van der Waals surface area (Å²) in [4.78, 5) is 17.6. The van der Waals surface area contributed by atoms with Gasteiger partial charge in [0.15, 0.2) is 11.5 Å². The minimum Gasteiger partial charge on any atom is -0.369 e. The van der Waals surface area contributed by atoms with Crippen LogP contribution >= 0.6 is 0 Å². The Labute approximate surface area is 180 Å². The molecule has 0 aliphatic carbocycles. The third-order valence-corrected chi connectivity index (χ3v) is 5.77. The largest absolute Gasteiger partial charge is 0.369 e. The Morgan fingerprint density at radius 2 is 1.81 bits per heavy atom. The summed E-state index contributed by atoms with van der Waals surface area (Å²) >= 11 is 0. The molecule has 1 aromatic heterocycles. The van der Waals surface area contributed by atoms with Crippen LogP contribution in [0.4, 0.5) is 17.6 Å². The number of amidine groups is 1. The van der Waals surface area contributed by atoms with Crippen LogP contribution in [0.25, 0.3) is 5.57 Å². The number of pyridine rings is 1. The maximum atomic E-state index is 14.8. The number of rotatable bonds is 3. The van der Waals surface area contributed by atoms with Gasteiger partial charge in [0.1, 0.15) is 18.2 Å². The van der Waals surface area contributed by atoms with Gasteiger partial charge in [-0.1, -0.05) is 6.07 Å². The van der Waals surface area contributed by atoms with Gasteiger partial charge in [0.25, 0.3) is 5.92 Å². The van der Waals surface area contributed by atoms with E-state index in [-0.39, 0.29) is 29.4 Å². The highest BCUT2D eigenvalue weighted by atomic mass is 19.3. The molecule has 2 aromatic rings. The number of aliphatic imine (C=N–C) groups is 3. The Morgan fingerprint density at radius 1 is 1.03 bits per heavy atom. The van der Waals surface area contributed by atoms with Gasteiger partial charge in [-0.3, -0.25) is 14.9 Å². The van der Waals surface area contributed by atoms with Gasteiger partial charge in [-0.25, -0.2) is 23.2 Å². The Morgan fingerprint density at radius 3 is 2.56 bits per heavy atom. The highest BCUT2D eigenvalue weighted by Gasteiger charge is 2.53. The first kappa shape index (κ1) is 20.3. The second kappa shape index (κ2) is 7.25. The molecule has 32 heavy (non-hydrogen) atoms. The average Bonchev–Trinajstić information content (AvgIpc) is 3.07. The monoisotopic (exact) mass is 442 g/mol. The Hall–Kier alpha value is -3.56. The summed E-state index contributed by atoms with van der Waals surface area (Å²) in [6.07, 6.45) is 5.26. The molecule has 0 spiro atoms. The number of halogens is 4. The van der Waals surface area contributed by atoms with Crippen molar-refractivity contribution in [2.24, 2.45) is 20.7 Å². The van der Waals surface area contributed by atoms with Crippen molar-refractivity contribution in [3.63, 3.8) is 0 Å². The number of allylic oxidation sites excluding steroid dienone is 1. The lowest BCUT2D eigenvalue weighted by molar-refractivity contribution is -0.00437. The van der Waals surface area contributed by atoms with Gasteiger partial charge in [0.05, 0.1) is 6.54 Å². The van der Waals surface area contributed by atoms with E-state index in [1.807, 2.05) is 0 Å². The van der Waals surface area contributed by atoms with Crippen molar-refractivity contribution in [1.82, 2.24) is 9.88 Å². The Kier molecular flexibility index (Phi) is 4.61. The van der Waals surface area contributed by atoms with Crippen molar-refractivity contribution in [3.8, 4) is 0 Å². The number of nitrogens with two attached hydrogens (primary N) is 1. The van der Waals surface area contributed by atoms with E-state index in [1.165, 1.54) is 41.7 Å². The minimum absolute atomic E-state index is 0.0410. The fraction of sp³-hybridized carbons (Fsp3) is 0.273. The van der Waals surface area contributed by atoms with Crippen molar-refractivity contribution in [1.29, 1.82) is 0 Å². The van der Waals surface area contributed by atoms with E-state index in [2.05, 4.69) is 20.0 Å². The van der Waals surface area contributed by atoms with Crippen molar-refractivity contribution < 1.29 is 17.6 Å². The zero-order chi connectivity index (χ0) is 22.5. The summed E-state index contributed by atoms with van der Waals surface area (Å²) in [7, 11) is 0. The smallest absolute Gasteiger partial charge is 0.284 e. The van der Waals surface area contributed by atoms with E-state index in [1.54, 1.807) is 12.1 Å². The van der Waals surface area contributed by atoms with Crippen molar-refractivity contribution >= 4 is 23.6 Å². The van der Waals surface area contributed by atoms with E-state index in [0.717, 1.165) is 0 Å². The first-order chi connectivity index (χ1) is 15.3. The fourth-order valence-corrected chi connectivity index (χ4v) is 4.32. The predicted molar refractivity (Wildman–Crippen MR) is 113 cm³/mol. The molecule has 0 saturated carbocycles.